The standard InChI is InChI=1S/C17H16N4O3/c1-23-13-6-7-15(24-2)14(9-13)21-17(22)12(10-18)11-20-16-5-3-4-8-19-16/h3-9,11H,1-2H3,(H,19,20)(H,21,22)/b12-11-. The van der Waals surface area contributed by atoms with Crippen LogP contribution in [-0.4, -0.2) is 25.1 Å². The molecule has 0 spiro atoms. The molecule has 0 saturated carbocycles. The summed E-state index contributed by atoms with van der Waals surface area (Å²) in [6.45, 7) is 0. The zero-order valence-electron chi connectivity index (χ0n) is 13.2. The number of hydrogen-bond acceptors (Lipinski definition) is 6. The third kappa shape index (κ3) is 4.24. The van der Waals surface area contributed by atoms with Crippen LogP contribution in [-0.2, 0) is 4.79 Å². The van der Waals surface area contributed by atoms with E-state index >= 15 is 0 Å². The number of amides is 1. The minimum absolute atomic E-state index is 0.106. The number of anilines is 2. The van der Waals surface area contributed by atoms with E-state index in [1.807, 2.05) is 6.07 Å². The molecule has 0 radical (unpaired) electrons. The second-order valence-corrected chi connectivity index (χ2v) is 4.55. The normalized spacial score (nSPS) is 10.5. The van der Waals surface area contributed by atoms with Crippen LogP contribution in [0.3, 0.4) is 0 Å². The topological polar surface area (TPSA) is 96.3 Å². The lowest BCUT2D eigenvalue weighted by atomic mass is 10.2. The first-order valence-electron chi connectivity index (χ1n) is 6.99. The van der Waals surface area contributed by atoms with Gasteiger partial charge in [-0.1, -0.05) is 6.07 Å². The summed E-state index contributed by atoms with van der Waals surface area (Å²) < 4.78 is 10.3. The second-order valence-electron chi connectivity index (χ2n) is 4.55. The SMILES string of the molecule is COc1ccc(OC)c(NC(=O)/C(C#N)=C\Nc2ccccn2)c1. The van der Waals surface area contributed by atoms with E-state index in [9.17, 15) is 10.1 Å². The molecule has 1 aromatic heterocycles. The molecule has 7 heteroatoms. The lowest BCUT2D eigenvalue weighted by molar-refractivity contribution is -0.112. The van der Waals surface area contributed by atoms with Crippen molar-refractivity contribution >= 4 is 17.4 Å². The third-order valence-electron chi connectivity index (χ3n) is 3.05. The van der Waals surface area contributed by atoms with Crippen molar-refractivity contribution in [3.05, 3.63) is 54.4 Å². The summed E-state index contributed by atoms with van der Waals surface area (Å²) in [5, 5.41) is 14.6. The van der Waals surface area contributed by atoms with Gasteiger partial charge >= 0.3 is 0 Å². The Balaban J connectivity index is 2.16. The molecule has 2 rings (SSSR count). The van der Waals surface area contributed by atoms with E-state index < -0.39 is 5.91 Å². The van der Waals surface area contributed by atoms with E-state index in [-0.39, 0.29) is 5.57 Å². The van der Waals surface area contributed by atoms with Crippen LogP contribution in [0.15, 0.2) is 54.4 Å². The third-order valence-corrected chi connectivity index (χ3v) is 3.05. The Morgan fingerprint density at radius 1 is 1.25 bits per heavy atom. The first-order chi connectivity index (χ1) is 11.7. The Labute approximate surface area is 139 Å². The number of hydrogen-bond donors (Lipinski definition) is 2. The Morgan fingerprint density at radius 2 is 2.08 bits per heavy atom. The van der Waals surface area contributed by atoms with Gasteiger partial charge in [-0.25, -0.2) is 4.98 Å². The number of ether oxygens (including phenoxy) is 2. The second kappa shape index (κ2) is 8.19. The molecule has 0 saturated heterocycles. The summed E-state index contributed by atoms with van der Waals surface area (Å²) in [4.78, 5) is 16.3. The summed E-state index contributed by atoms with van der Waals surface area (Å²) in [6.07, 6.45) is 2.90. The Hall–Kier alpha value is -3.53. The lowest BCUT2D eigenvalue weighted by Gasteiger charge is -2.11. The van der Waals surface area contributed by atoms with Crippen molar-refractivity contribution in [1.29, 1.82) is 5.26 Å². The molecule has 1 aromatic carbocycles. The van der Waals surface area contributed by atoms with E-state index in [1.54, 1.807) is 42.6 Å². The van der Waals surface area contributed by atoms with Crippen molar-refractivity contribution in [1.82, 2.24) is 4.98 Å². The Morgan fingerprint density at radius 3 is 2.71 bits per heavy atom. The Bertz CT molecular complexity index is 782. The monoisotopic (exact) mass is 324 g/mol. The van der Waals surface area contributed by atoms with Crippen LogP contribution in [0, 0.1) is 11.3 Å². The molecule has 7 nitrogen and oxygen atoms in total. The number of benzene rings is 1. The number of carbonyl (C=O) groups is 1. The molecule has 1 amide bonds. The number of methoxy groups -OCH3 is 2. The minimum Gasteiger partial charge on any atom is -0.497 e. The largest absolute Gasteiger partial charge is 0.497 e. The first kappa shape index (κ1) is 16.8. The zero-order chi connectivity index (χ0) is 17.4. The molecule has 0 aliphatic rings. The smallest absolute Gasteiger partial charge is 0.267 e. The highest BCUT2D eigenvalue weighted by Crippen LogP contribution is 2.29. The number of carbonyl (C=O) groups excluding carboxylic acids is 1. The molecule has 2 aromatic rings. The summed E-state index contributed by atoms with van der Waals surface area (Å²) in [5.41, 5.74) is 0.298. The van der Waals surface area contributed by atoms with Crippen LogP contribution in [0.2, 0.25) is 0 Å². The average molecular weight is 324 g/mol. The van der Waals surface area contributed by atoms with E-state index in [0.29, 0.717) is 23.0 Å². The molecule has 0 aliphatic carbocycles. The van der Waals surface area contributed by atoms with E-state index in [4.69, 9.17) is 9.47 Å². The van der Waals surface area contributed by atoms with Gasteiger partial charge in [-0.2, -0.15) is 5.26 Å². The predicted octanol–water partition coefficient (Wildman–Crippen LogP) is 2.56. The molecule has 0 atom stereocenters. The van der Waals surface area contributed by atoms with Gasteiger partial charge in [0, 0.05) is 18.5 Å². The Kier molecular flexibility index (Phi) is 5.75. The molecular formula is C17H16N4O3. The average Bonchev–Trinajstić information content (AvgIpc) is 2.63. The number of rotatable bonds is 6. The maximum absolute atomic E-state index is 12.3. The number of nitrogens with zero attached hydrogens (tertiary/aromatic N) is 2. The molecule has 0 bridgehead atoms. The van der Waals surface area contributed by atoms with Crippen molar-refractivity contribution in [2.45, 2.75) is 0 Å². The van der Waals surface area contributed by atoms with Gasteiger partial charge in [0.25, 0.3) is 5.91 Å². The van der Waals surface area contributed by atoms with Crippen molar-refractivity contribution in [2.75, 3.05) is 24.9 Å². The van der Waals surface area contributed by atoms with Crippen LogP contribution in [0.25, 0.3) is 0 Å². The summed E-state index contributed by atoms with van der Waals surface area (Å²) >= 11 is 0. The fourth-order valence-corrected chi connectivity index (χ4v) is 1.84. The number of aromatic nitrogens is 1. The maximum Gasteiger partial charge on any atom is 0.267 e. The number of nitriles is 1. The van der Waals surface area contributed by atoms with Gasteiger partial charge in [-0.3, -0.25) is 4.79 Å². The maximum atomic E-state index is 12.3. The number of nitrogens with one attached hydrogen (secondary N) is 2. The molecule has 0 unspecified atom stereocenters. The quantitative estimate of drug-likeness (QED) is 0.626. The summed E-state index contributed by atoms with van der Waals surface area (Å²) in [6, 6.07) is 12.1. The molecular weight excluding hydrogens is 308 g/mol. The summed E-state index contributed by atoms with van der Waals surface area (Å²) in [5.74, 6) is 0.962. The van der Waals surface area contributed by atoms with Crippen LogP contribution in [0.5, 0.6) is 11.5 Å². The van der Waals surface area contributed by atoms with Gasteiger partial charge in [0.2, 0.25) is 0 Å². The molecule has 1 heterocycles. The van der Waals surface area contributed by atoms with Gasteiger partial charge in [0.05, 0.1) is 19.9 Å². The van der Waals surface area contributed by atoms with E-state index in [1.165, 1.54) is 20.4 Å². The summed E-state index contributed by atoms with van der Waals surface area (Å²) in [7, 11) is 3.01. The highest BCUT2D eigenvalue weighted by molar-refractivity contribution is 6.07. The number of pyridine rings is 1. The first-order valence-corrected chi connectivity index (χ1v) is 6.99. The van der Waals surface area contributed by atoms with Crippen molar-refractivity contribution in [3.63, 3.8) is 0 Å². The lowest BCUT2D eigenvalue weighted by Crippen LogP contribution is -2.15. The van der Waals surface area contributed by atoms with Gasteiger partial charge in [-0.15, -0.1) is 0 Å². The van der Waals surface area contributed by atoms with Gasteiger partial charge in [0.15, 0.2) is 0 Å². The van der Waals surface area contributed by atoms with Crippen LogP contribution < -0.4 is 20.1 Å². The van der Waals surface area contributed by atoms with Crippen LogP contribution >= 0.6 is 0 Å². The van der Waals surface area contributed by atoms with Crippen molar-refractivity contribution < 1.29 is 14.3 Å². The predicted molar refractivity (Wildman–Crippen MR) is 89.7 cm³/mol. The zero-order valence-corrected chi connectivity index (χ0v) is 13.2. The van der Waals surface area contributed by atoms with Gasteiger partial charge in [-0.05, 0) is 24.3 Å². The molecule has 24 heavy (non-hydrogen) atoms. The molecule has 0 aliphatic heterocycles. The molecule has 0 fully saturated rings. The highest BCUT2D eigenvalue weighted by atomic mass is 16.5. The minimum atomic E-state index is -0.576. The molecule has 122 valence electrons. The van der Waals surface area contributed by atoms with Crippen molar-refractivity contribution in [2.24, 2.45) is 0 Å². The fraction of sp³-hybridized carbons (Fsp3) is 0.118. The van der Waals surface area contributed by atoms with Crippen molar-refractivity contribution in [3.8, 4) is 17.6 Å². The molecule has 2 N–H and O–H groups in total. The van der Waals surface area contributed by atoms with Crippen LogP contribution in [0.4, 0.5) is 11.5 Å². The fourth-order valence-electron chi connectivity index (χ4n) is 1.84. The van der Waals surface area contributed by atoms with E-state index in [0.717, 1.165) is 0 Å². The highest BCUT2D eigenvalue weighted by Gasteiger charge is 2.13. The van der Waals surface area contributed by atoms with Gasteiger partial charge < -0.3 is 20.1 Å². The van der Waals surface area contributed by atoms with E-state index in [2.05, 4.69) is 15.6 Å². The van der Waals surface area contributed by atoms with Gasteiger partial charge in [0.1, 0.15) is 29.0 Å². The van der Waals surface area contributed by atoms with Crippen LogP contribution in [0.1, 0.15) is 0 Å².